The lowest BCUT2D eigenvalue weighted by atomic mass is 9.79. The molecule has 1 aliphatic heterocycles. The highest BCUT2D eigenvalue weighted by Gasteiger charge is 2.48. The molecular formula is C10H9BO6. The van der Waals surface area contributed by atoms with Crippen molar-refractivity contribution in [1.29, 1.82) is 0 Å². The van der Waals surface area contributed by atoms with Crippen molar-refractivity contribution in [2.75, 3.05) is 0 Å². The molecule has 0 aliphatic carbocycles. The van der Waals surface area contributed by atoms with Gasteiger partial charge in [0.25, 0.3) is 0 Å². The molecule has 7 heteroatoms. The zero-order valence-corrected chi connectivity index (χ0v) is 8.65. The zero-order chi connectivity index (χ0) is 12.4. The Kier molecular flexibility index (Phi) is 3.12. The van der Waals surface area contributed by atoms with Gasteiger partial charge in [0.15, 0.2) is 12.2 Å². The predicted octanol–water partition coefficient (Wildman–Crippen LogP) is -0.665. The molecule has 0 saturated carbocycles. The van der Waals surface area contributed by atoms with E-state index in [0.29, 0.717) is 5.46 Å². The Morgan fingerprint density at radius 3 is 1.88 bits per heavy atom. The van der Waals surface area contributed by atoms with Gasteiger partial charge in [-0.3, -0.25) is 0 Å². The molecule has 17 heavy (non-hydrogen) atoms. The first kappa shape index (κ1) is 11.6. The quantitative estimate of drug-likeness (QED) is 0.676. The largest absolute Gasteiger partial charge is 0.495 e. The van der Waals surface area contributed by atoms with Crippen LogP contribution in [0.4, 0.5) is 0 Å². The van der Waals surface area contributed by atoms with E-state index >= 15 is 0 Å². The minimum atomic E-state index is -1.49. The van der Waals surface area contributed by atoms with Crippen LogP contribution in [-0.4, -0.2) is 41.5 Å². The van der Waals surface area contributed by atoms with Gasteiger partial charge in [0.05, 0.1) is 0 Å². The lowest BCUT2D eigenvalue weighted by Gasteiger charge is -2.08. The average molecular weight is 236 g/mol. The molecule has 2 N–H and O–H groups in total. The summed E-state index contributed by atoms with van der Waals surface area (Å²) in [7, 11) is -0.960. The van der Waals surface area contributed by atoms with E-state index in [1.54, 1.807) is 30.3 Å². The van der Waals surface area contributed by atoms with Crippen molar-refractivity contribution in [3.8, 4) is 0 Å². The third kappa shape index (κ3) is 2.30. The van der Waals surface area contributed by atoms with Crippen molar-refractivity contribution in [2.45, 2.75) is 12.2 Å². The maximum absolute atomic E-state index is 10.8. The van der Waals surface area contributed by atoms with Crippen LogP contribution >= 0.6 is 0 Å². The lowest BCUT2D eigenvalue weighted by molar-refractivity contribution is -0.156. The number of hydrogen-bond donors (Lipinski definition) is 2. The van der Waals surface area contributed by atoms with Gasteiger partial charge < -0.3 is 19.5 Å². The molecule has 0 amide bonds. The first-order chi connectivity index (χ1) is 8.09. The van der Waals surface area contributed by atoms with E-state index in [1.807, 2.05) is 0 Å². The monoisotopic (exact) mass is 236 g/mol. The highest BCUT2D eigenvalue weighted by Crippen LogP contribution is 2.17. The molecule has 1 saturated heterocycles. The molecule has 2 rings (SSSR count). The molecule has 0 unspecified atom stereocenters. The second kappa shape index (κ2) is 4.56. The molecule has 1 aromatic carbocycles. The van der Waals surface area contributed by atoms with Crippen molar-refractivity contribution in [3.05, 3.63) is 30.3 Å². The fraction of sp³-hybridized carbons (Fsp3) is 0.200. The van der Waals surface area contributed by atoms with Crippen LogP contribution < -0.4 is 5.46 Å². The standard InChI is InChI=1S/C10H9BO6/c12-9(13)7-8(10(14)15)17-11(16-7)6-4-2-1-3-5-6/h1-5,7-8H,(H,12,13)(H,14,15)/t7-,8-/m1/s1. The second-order valence-electron chi connectivity index (χ2n) is 3.53. The summed E-state index contributed by atoms with van der Waals surface area (Å²) in [6.45, 7) is 0. The van der Waals surface area contributed by atoms with E-state index in [0.717, 1.165) is 0 Å². The summed E-state index contributed by atoms with van der Waals surface area (Å²) in [5.74, 6) is -2.70. The Morgan fingerprint density at radius 2 is 1.47 bits per heavy atom. The number of benzene rings is 1. The highest BCUT2D eigenvalue weighted by atomic mass is 16.7. The summed E-state index contributed by atoms with van der Waals surface area (Å²) in [6.07, 6.45) is -2.98. The molecule has 0 bridgehead atoms. The molecule has 88 valence electrons. The molecule has 1 aromatic rings. The van der Waals surface area contributed by atoms with Crippen LogP contribution in [0, 0.1) is 0 Å². The number of carboxylic acids is 2. The van der Waals surface area contributed by atoms with Crippen LogP contribution in [0.3, 0.4) is 0 Å². The molecule has 1 fully saturated rings. The summed E-state index contributed by atoms with van der Waals surface area (Å²) < 4.78 is 10.2. The van der Waals surface area contributed by atoms with Crippen LogP contribution in [0.2, 0.25) is 0 Å². The summed E-state index contributed by atoms with van der Waals surface area (Å²) in [5.41, 5.74) is 0.586. The van der Waals surface area contributed by atoms with Crippen molar-refractivity contribution in [3.63, 3.8) is 0 Å². The van der Waals surface area contributed by atoms with Gasteiger partial charge in [-0.2, -0.15) is 0 Å². The van der Waals surface area contributed by atoms with Gasteiger partial charge in [0.1, 0.15) is 0 Å². The molecule has 0 spiro atoms. The highest BCUT2D eigenvalue weighted by molar-refractivity contribution is 6.62. The zero-order valence-electron chi connectivity index (χ0n) is 8.65. The average Bonchev–Trinajstić information content (AvgIpc) is 2.75. The number of rotatable bonds is 3. The fourth-order valence-electron chi connectivity index (χ4n) is 1.58. The number of carbonyl (C=O) groups is 2. The van der Waals surface area contributed by atoms with Crippen LogP contribution in [0.15, 0.2) is 30.3 Å². The van der Waals surface area contributed by atoms with Crippen molar-refractivity contribution >= 4 is 24.5 Å². The summed E-state index contributed by atoms with van der Waals surface area (Å²) in [5, 5.41) is 17.7. The molecule has 1 aliphatic rings. The van der Waals surface area contributed by atoms with Crippen LogP contribution in [0.1, 0.15) is 0 Å². The van der Waals surface area contributed by atoms with E-state index < -0.39 is 31.3 Å². The molecule has 2 atom stereocenters. The van der Waals surface area contributed by atoms with Gasteiger partial charge in [-0.25, -0.2) is 9.59 Å². The molecule has 6 nitrogen and oxygen atoms in total. The topological polar surface area (TPSA) is 93.1 Å². The maximum Gasteiger partial charge on any atom is 0.495 e. The van der Waals surface area contributed by atoms with Crippen LogP contribution in [0.25, 0.3) is 0 Å². The smallest absolute Gasteiger partial charge is 0.479 e. The molecule has 0 radical (unpaired) electrons. The Morgan fingerprint density at radius 1 is 1.00 bits per heavy atom. The van der Waals surface area contributed by atoms with Gasteiger partial charge in [-0.15, -0.1) is 0 Å². The normalized spacial score (nSPS) is 23.6. The van der Waals surface area contributed by atoms with Crippen molar-refractivity contribution in [1.82, 2.24) is 0 Å². The maximum atomic E-state index is 10.8. The fourth-order valence-corrected chi connectivity index (χ4v) is 1.58. The Labute approximate surface area is 96.9 Å². The number of hydrogen-bond acceptors (Lipinski definition) is 4. The Balaban J connectivity index is 2.20. The summed E-state index contributed by atoms with van der Waals surface area (Å²) >= 11 is 0. The van der Waals surface area contributed by atoms with Crippen molar-refractivity contribution in [2.24, 2.45) is 0 Å². The van der Waals surface area contributed by atoms with E-state index in [1.165, 1.54) is 0 Å². The van der Waals surface area contributed by atoms with E-state index in [9.17, 15) is 9.59 Å². The second-order valence-corrected chi connectivity index (χ2v) is 3.53. The van der Waals surface area contributed by atoms with Gasteiger partial charge in [0, 0.05) is 0 Å². The third-order valence-electron chi connectivity index (χ3n) is 2.37. The van der Waals surface area contributed by atoms with Gasteiger partial charge >= 0.3 is 19.1 Å². The summed E-state index contributed by atoms with van der Waals surface area (Å²) in [4.78, 5) is 21.6. The van der Waals surface area contributed by atoms with Gasteiger partial charge in [-0.05, 0) is 5.46 Å². The summed E-state index contributed by atoms with van der Waals surface area (Å²) in [6, 6.07) is 8.58. The predicted molar refractivity (Wildman–Crippen MR) is 56.8 cm³/mol. The van der Waals surface area contributed by atoms with Crippen LogP contribution in [0.5, 0.6) is 0 Å². The molecular weight excluding hydrogens is 227 g/mol. The first-order valence-electron chi connectivity index (χ1n) is 4.91. The number of aliphatic carboxylic acids is 2. The van der Waals surface area contributed by atoms with Gasteiger partial charge in [-0.1, -0.05) is 30.3 Å². The van der Waals surface area contributed by atoms with Crippen LogP contribution in [-0.2, 0) is 18.9 Å². The minimum Gasteiger partial charge on any atom is -0.479 e. The Hall–Kier alpha value is -1.86. The minimum absolute atomic E-state index is 0.586. The molecule has 1 heterocycles. The van der Waals surface area contributed by atoms with E-state index in [4.69, 9.17) is 19.5 Å². The third-order valence-corrected chi connectivity index (χ3v) is 2.37. The molecule has 0 aromatic heterocycles. The SMILES string of the molecule is O=C(O)[C@@H]1OB(c2ccccc2)O[C@H]1C(=O)O. The number of carboxylic acid groups (broad SMARTS) is 2. The van der Waals surface area contributed by atoms with Gasteiger partial charge in [0.2, 0.25) is 0 Å². The first-order valence-corrected chi connectivity index (χ1v) is 4.91. The van der Waals surface area contributed by atoms with Crippen molar-refractivity contribution < 1.29 is 29.1 Å². The Bertz CT molecular complexity index is 412. The lowest BCUT2D eigenvalue weighted by Crippen LogP contribution is -2.36. The van der Waals surface area contributed by atoms with E-state index in [2.05, 4.69) is 0 Å². The van der Waals surface area contributed by atoms with E-state index in [-0.39, 0.29) is 0 Å².